The van der Waals surface area contributed by atoms with Crippen LogP contribution in [0.25, 0.3) is 0 Å². The Bertz CT molecular complexity index is 904. The lowest BCUT2D eigenvalue weighted by Crippen LogP contribution is -2.47. The van der Waals surface area contributed by atoms with Gasteiger partial charge in [0.15, 0.2) is 0 Å². The zero-order chi connectivity index (χ0) is 19.6. The van der Waals surface area contributed by atoms with Gasteiger partial charge in [0.2, 0.25) is 10.0 Å². The Labute approximate surface area is 166 Å². The zero-order valence-electron chi connectivity index (χ0n) is 15.9. The van der Waals surface area contributed by atoms with Crippen LogP contribution in [0.15, 0.2) is 47.5 Å². The average molecular weight is 402 g/mol. The summed E-state index contributed by atoms with van der Waals surface area (Å²) in [5.74, 6) is 1.23. The maximum atomic E-state index is 11.7. The van der Waals surface area contributed by atoms with Crippen LogP contribution in [0, 0.1) is 5.92 Å². The molecule has 3 N–H and O–H groups in total. The van der Waals surface area contributed by atoms with Crippen LogP contribution in [0.2, 0.25) is 0 Å². The third kappa shape index (κ3) is 4.81. The molecule has 0 amide bonds. The van der Waals surface area contributed by atoms with E-state index in [4.69, 9.17) is 5.14 Å². The van der Waals surface area contributed by atoms with E-state index in [0.29, 0.717) is 6.54 Å². The van der Waals surface area contributed by atoms with Crippen molar-refractivity contribution >= 4 is 21.5 Å². The molecular formula is C20H27N5O2S. The molecule has 8 heteroatoms. The predicted octanol–water partition coefficient (Wildman–Crippen LogP) is 1.87. The van der Waals surface area contributed by atoms with Crippen LogP contribution in [0.3, 0.4) is 0 Å². The SMILES string of the molecule is NS(=O)(=O)c1cccnc1NCc1ccc(N2CCN(CC3CC3)CC2)cc1. The molecule has 0 atom stereocenters. The summed E-state index contributed by atoms with van der Waals surface area (Å²) in [7, 11) is -3.80. The van der Waals surface area contributed by atoms with Crippen molar-refractivity contribution in [2.75, 3.05) is 42.9 Å². The van der Waals surface area contributed by atoms with Crippen LogP contribution in [0.5, 0.6) is 0 Å². The summed E-state index contributed by atoms with van der Waals surface area (Å²) in [6, 6.07) is 11.4. The number of nitrogens with two attached hydrogens (primary N) is 1. The lowest BCUT2D eigenvalue weighted by atomic mass is 10.1. The van der Waals surface area contributed by atoms with Gasteiger partial charge >= 0.3 is 0 Å². The third-order valence-corrected chi connectivity index (χ3v) is 6.37. The van der Waals surface area contributed by atoms with Gasteiger partial charge in [0.1, 0.15) is 10.7 Å². The summed E-state index contributed by atoms with van der Waals surface area (Å²) in [6.45, 7) is 6.15. The van der Waals surface area contributed by atoms with Crippen molar-refractivity contribution in [1.29, 1.82) is 0 Å². The van der Waals surface area contributed by atoms with E-state index in [9.17, 15) is 8.42 Å². The van der Waals surface area contributed by atoms with Crippen LogP contribution in [-0.4, -0.2) is 51.0 Å². The summed E-state index contributed by atoms with van der Waals surface area (Å²) in [4.78, 5) is 9.12. The number of rotatable bonds is 7. The summed E-state index contributed by atoms with van der Waals surface area (Å²) in [5, 5.41) is 8.33. The topological polar surface area (TPSA) is 91.6 Å². The van der Waals surface area contributed by atoms with E-state index >= 15 is 0 Å². The number of hydrogen-bond donors (Lipinski definition) is 2. The first-order chi connectivity index (χ1) is 13.5. The second-order valence-electron chi connectivity index (χ2n) is 7.65. The molecule has 0 radical (unpaired) electrons. The Balaban J connectivity index is 1.33. The highest BCUT2D eigenvalue weighted by molar-refractivity contribution is 7.89. The summed E-state index contributed by atoms with van der Waals surface area (Å²) in [5.41, 5.74) is 2.29. The first-order valence-corrected chi connectivity index (χ1v) is 11.3. The second kappa shape index (κ2) is 8.06. The molecule has 1 saturated heterocycles. The van der Waals surface area contributed by atoms with Crippen LogP contribution in [0.1, 0.15) is 18.4 Å². The van der Waals surface area contributed by atoms with Gasteiger partial charge in [-0.2, -0.15) is 0 Å². The highest BCUT2D eigenvalue weighted by Gasteiger charge is 2.26. The molecule has 7 nitrogen and oxygen atoms in total. The second-order valence-corrected chi connectivity index (χ2v) is 9.18. The molecule has 1 aliphatic heterocycles. The fourth-order valence-corrected chi connectivity index (χ4v) is 4.28. The summed E-state index contributed by atoms with van der Waals surface area (Å²) < 4.78 is 23.3. The molecule has 2 aliphatic rings. The molecule has 28 heavy (non-hydrogen) atoms. The third-order valence-electron chi connectivity index (χ3n) is 5.42. The predicted molar refractivity (Wildman–Crippen MR) is 111 cm³/mol. The monoisotopic (exact) mass is 401 g/mol. The number of aromatic nitrogens is 1. The van der Waals surface area contributed by atoms with Crippen molar-refractivity contribution < 1.29 is 8.42 Å². The highest BCUT2D eigenvalue weighted by atomic mass is 32.2. The lowest BCUT2D eigenvalue weighted by molar-refractivity contribution is 0.248. The number of pyridine rings is 1. The van der Waals surface area contributed by atoms with Crippen LogP contribution in [0.4, 0.5) is 11.5 Å². The van der Waals surface area contributed by atoms with Crippen LogP contribution in [-0.2, 0) is 16.6 Å². The van der Waals surface area contributed by atoms with Crippen LogP contribution >= 0.6 is 0 Å². The molecule has 150 valence electrons. The highest BCUT2D eigenvalue weighted by Crippen LogP contribution is 2.30. The van der Waals surface area contributed by atoms with E-state index < -0.39 is 10.0 Å². The maximum Gasteiger partial charge on any atom is 0.241 e. The fraction of sp³-hybridized carbons (Fsp3) is 0.450. The number of piperazine rings is 1. The number of hydrogen-bond acceptors (Lipinski definition) is 6. The van der Waals surface area contributed by atoms with E-state index in [1.165, 1.54) is 31.1 Å². The molecule has 0 spiro atoms. The van der Waals surface area contributed by atoms with Gasteiger partial charge in [-0.15, -0.1) is 0 Å². The molecule has 2 heterocycles. The fourth-order valence-electron chi connectivity index (χ4n) is 3.62. The number of anilines is 2. The Hall–Kier alpha value is -2.16. The Kier molecular flexibility index (Phi) is 5.52. The van der Waals surface area contributed by atoms with Crippen molar-refractivity contribution in [3.63, 3.8) is 0 Å². The van der Waals surface area contributed by atoms with Crippen molar-refractivity contribution in [1.82, 2.24) is 9.88 Å². The number of nitrogens with one attached hydrogen (secondary N) is 1. The van der Waals surface area contributed by atoms with E-state index in [1.807, 2.05) is 0 Å². The molecule has 0 unspecified atom stereocenters. The number of sulfonamides is 1. The minimum atomic E-state index is -3.80. The van der Waals surface area contributed by atoms with Gasteiger partial charge < -0.3 is 10.2 Å². The Morgan fingerprint density at radius 2 is 1.79 bits per heavy atom. The van der Waals surface area contributed by atoms with E-state index in [1.54, 1.807) is 12.3 Å². The van der Waals surface area contributed by atoms with Gasteiger partial charge in [-0.1, -0.05) is 12.1 Å². The van der Waals surface area contributed by atoms with Gasteiger partial charge in [-0.05, 0) is 48.6 Å². The van der Waals surface area contributed by atoms with Gasteiger partial charge in [-0.25, -0.2) is 18.5 Å². The summed E-state index contributed by atoms with van der Waals surface area (Å²) >= 11 is 0. The van der Waals surface area contributed by atoms with Gasteiger partial charge in [0.05, 0.1) is 0 Å². The molecule has 1 aliphatic carbocycles. The van der Waals surface area contributed by atoms with Crippen molar-refractivity contribution in [2.45, 2.75) is 24.3 Å². The van der Waals surface area contributed by atoms with Crippen molar-refractivity contribution in [3.8, 4) is 0 Å². The standard InChI is InChI=1S/C20H27N5O2S/c21-28(26,27)19-2-1-9-22-20(19)23-14-16-5-7-18(8-6-16)25-12-10-24(11-13-25)15-17-3-4-17/h1-2,5-9,17H,3-4,10-15H2,(H,22,23)(H2,21,26,27). The van der Waals surface area contributed by atoms with E-state index in [2.05, 4.69) is 44.4 Å². The van der Waals surface area contributed by atoms with E-state index in [-0.39, 0.29) is 10.7 Å². The number of benzene rings is 1. The van der Waals surface area contributed by atoms with Crippen molar-refractivity contribution in [3.05, 3.63) is 48.2 Å². The molecular weight excluding hydrogens is 374 g/mol. The number of primary sulfonamides is 1. The van der Waals surface area contributed by atoms with Gasteiger partial charge in [-0.3, -0.25) is 4.90 Å². The van der Waals surface area contributed by atoms with Crippen molar-refractivity contribution in [2.24, 2.45) is 11.1 Å². The molecule has 1 saturated carbocycles. The van der Waals surface area contributed by atoms with E-state index in [0.717, 1.165) is 37.7 Å². The normalized spacial score (nSPS) is 18.2. The smallest absolute Gasteiger partial charge is 0.241 e. The lowest BCUT2D eigenvalue weighted by Gasteiger charge is -2.36. The zero-order valence-corrected chi connectivity index (χ0v) is 16.7. The largest absolute Gasteiger partial charge is 0.369 e. The molecule has 1 aromatic carbocycles. The quantitative estimate of drug-likeness (QED) is 0.736. The Morgan fingerprint density at radius 1 is 1.07 bits per heavy atom. The minimum absolute atomic E-state index is 0.00990. The molecule has 2 aromatic rings. The molecule has 1 aromatic heterocycles. The Morgan fingerprint density at radius 3 is 2.43 bits per heavy atom. The van der Waals surface area contributed by atoms with Gasteiger partial charge in [0, 0.05) is 51.2 Å². The molecule has 2 fully saturated rings. The first-order valence-electron chi connectivity index (χ1n) is 9.77. The number of nitrogens with zero attached hydrogens (tertiary/aromatic N) is 3. The molecule has 0 bridgehead atoms. The minimum Gasteiger partial charge on any atom is -0.369 e. The summed E-state index contributed by atoms with van der Waals surface area (Å²) in [6.07, 6.45) is 4.36. The van der Waals surface area contributed by atoms with Crippen LogP contribution < -0.4 is 15.4 Å². The first kappa shape index (κ1) is 19.2. The molecule has 4 rings (SSSR count). The average Bonchev–Trinajstić information content (AvgIpc) is 3.51. The van der Waals surface area contributed by atoms with Gasteiger partial charge in [0.25, 0.3) is 0 Å². The maximum absolute atomic E-state index is 11.7.